The summed E-state index contributed by atoms with van der Waals surface area (Å²) in [5, 5.41) is 0. The van der Waals surface area contributed by atoms with E-state index in [1.807, 2.05) is 12.4 Å². The number of unbranched alkanes of at least 4 members (excludes halogenated alkanes) is 3. The molecular formula is C17H29N3. The van der Waals surface area contributed by atoms with Crippen molar-refractivity contribution in [2.45, 2.75) is 45.4 Å². The van der Waals surface area contributed by atoms with Gasteiger partial charge in [-0.1, -0.05) is 26.2 Å². The molecule has 1 aliphatic heterocycles. The van der Waals surface area contributed by atoms with Crippen molar-refractivity contribution in [3.8, 4) is 0 Å². The second-order valence-electron chi connectivity index (χ2n) is 6.01. The molecule has 1 aliphatic rings. The molecule has 1 fully saturated rings. The lowest BCUT2D eigenvalue weighted by molar-refractivity contribution is 0.360. The first kappa shape index (κ1) is 15.3. The summed E-state index contributed by atoms with van der Waals surface area (Å²) in [5.41, 5.74) is 2.71. The average Bonchev–Trinajstić information content (AvgIpc) is 2.69. The summed E-state index contributed by atoms with van der Waals surface area (Å²) < 4.78 is 0. The van der Waals surface area contributed by atoms with Crippen molar-refractivity contribution in [3.63, 3.8) is 0 Å². The molecule has 3 heteroatoms. The first-order valence-corrected chi connectivity index (χ1v) is 8.17. The summed E-state index contributed by atoms with van der Waals surface area (Å²) in [6.45, 7) is 6.91. The van der Waals surface area contributed by atoms with E-state index in [0.29, 0.717) is 0 Å². The lowest BCUT2D eigenvalue weighted by Crippen LogP contribution is -2.28. The van der Waals surface area contributed by atoms with E-state index in [-0.39, 0.29) is 0 Å². The standard InChI is InChI=1S/C17H29N3/c1-3-4-5-6-8-16-13-17(15-18-14-16)20-10-7-9-19(2)11-12-20/h13-15H,3-12H2,1-2H3. The fourth-order valence-electron chi connectivity index (χ4n) is 2.84. The van der Waals surface area contributed by atoms with E-state index < -0.39 is 0 Å². The molecule has 0 atom stereocenters. The van der Waals surface area contributed by atoms with Crippen LogP contribution in [0.3, 0.4) is 0 Å². The summed E-state index contributed by atoms with van der Waals surface area (Å²) in [6.07, 6.45) is 11.8. The first-order chi connectivity index (χ1) is 9.79. The molecular weight excluding hydrogens is 246 g/mol. The Hall–Kier alpha value is -1.09. The van der Waals surface area contributed by atoms with Gasteiger partial charge in [-0.15, -0.1) is 0 Å². The van der Waals surface area contributed by atoms with Crippen LogP contribution in [-0.2, 0) is 6.42 Å². The summed E-state index contributed by atoms with van der Waals surface area (Å²) in [6, 6.07) is 2.35. The third-order valence-electron chi connectivity index (χ3n) is 4.18. The largest absolute Gasteiger partial charge is 0.369 e. The maximum atomic E-state index is 4.45. The molecule has 0 unspecified atom stereocenters. The molecule has 3 nitrogen and oxygen atoms in total. The fourth-order valence-corrected chi connectivity index (χ4v) is 2.84. The van der Waals surface area contributed by atoms with Gasteiger partial charge in [-0.25, -0.2) is 0 Å². The fraction of sp³-hybridized carbons (Fsp3) is 0.706. The zero-order valence-electron chi connectivity index (χ0n) is 13.1. The second-order valence-corrected chi connectivity index (χ2v) is 6.01. The molecule has 0 aliphatic carbocycles. The summed E-state index contributed by atoms with van der Waals surface area (Å²) in [5.74, 6) is 0. The van der Waals surface area contributed by atoms with Gasteiger partial charge in [0, 0.05) is 25.8 Å². The smallest absolute Gasteiger partial charge is 0.0555 e. The lowest BCUT2D eigenvalue weighted by Gasteiger charge is -2.22. The van der Waals surface area contributed by atoms with E-state index in [4.69, 9.17) is 0 Å². The Kier molecular flexibility index (Phi) is 6.31. The van der Waals surface area contributed by atoms with Gasteiger partial charge < -0.3 is 9.80 Å². The molecule has 1 aromatic rings. The number of rotatable bonds is 6. The molecule has 0 saturated carbocycles. The third kappa shape index (κ3) is 4.78. The number of likely N-dealkylation sites (N-methyl/N-ethyl adjacent to an activating group) is 1. The molecule has 112 valence electrons. The Balaban J connectivity index is 1.91. The molecule has 1 saturated heterocycles. The highest BCUT2D eigenvalue weighted by molar-refractivity contribution is 5.46. The van der Waals surface area contributed by atoms with Gasteiger partial charge in [0.15, 0.2) is 0 Å². The highest BCUT2D eigenvalue weighted by Gasteiger charge is 2.13. The van der Waals surface area contributed by atoms with Crippen molar-refractivity contribution in [1.82, 2.24) is 9.88 Å². The maximum absolute atomic E-state index is 4.45. The summed E-state index contributed by atoms with van der Waals surface area (Å²) in [7, 11) is 2.21. The van der Waals surface area contributed by atoms with Crippen molar-refractivity contribution in [3.05, 3.63) is 24.0 Å². The lowest BCUT2D eigenvalue weighted by atomic mass is 10.1. The van der Waals surface area contributed by atoms with Crippen LogP contribution in [0.25, 0.3) is 0 Å². The van der Waals surface area contributed by atoms with Gasteiger partial charge in [-0.2, -0.15) is 0 Å². The van der Waals surface area contributed by atoms with Crippen LogP contribution in [0.1, 0.15) is 44.6 Å². The summed E-state index contributed by atoms with van der Waals surface area (Å²) >= 11 is 0. The van der Waals surface area contributed by atoms with E-state index in [1.165, 1.54) is 56.3 Å². The number of hydrogen-bond acceptors (Lipinski definition) is 3. The SMILES string of the molecule is CCCCCCc1cncc(N2CCCN(C)CC2)c1. The highest BCUT2D eigenvalue weighted by atomic mass is 15.2. The molecule has 1 aromatic heterocycles. The molecule has 2 heterocycles. The molecule has 0 N–H and O–H groups in total. The number of aromatic nitrogens is 1. The molecule has 0 aromatic carbocycles. The van der Waals surface area contributed by atoms with Gasteiger partial charge in [0.1, 0.15) is 0 Å². The zero-order chi connectivity index (χ0) is 14.2. The first-order valence-electron chi connectivity index (χ1n) is 8.17. The Labute approximate surface area is 124 Å². The van der Waals surface area contributed by atoms with Crippen LogP contribution >= 0.6 is 0 Å². The Morgan fingerprint density at radius 1 is 1.05 bits per heavy atom. The van der Waals surface area contributed by atoms with Crippen LogP contribution in [0.15, 0.2) is 18.5 Å². The Bertz CT molecular complexity index is 392. The van der Waals surface area contributed by atoms with Gasteiger partial charge in [0.2, 0.25) is 0 Å². The van der Waals surface area contributed by atoms with Crippen molar-refractivity contribution in [2.24, 2.45) is 0 Å². The van der Waals surface area contributed by atoms with Crippen LogP contribution in [-0.4, -0.2) is 43.1 Å². The Morgan fingerprint density at radius 3 is 2.80 bits per heavy atom. The minimum atomic E-state index is 1.12. The monoisotopic (exact) mass is 275 g/mol. The van der Waals surface area contributed by atoms with E-state index >= 15 is 0 Å². The van der Waals surface area contributed by atoms with Crippen molar-refractivity contribution < 1.29 is 0 Å². The van der Waals surface area contributed by atoms with Crippen LogP contribution in [0.5, 0.6) is 0 Å². The maximum Gasteiger partial charge on any atom is 0.0555 e. The molecule has 2 rings (SSSR count). The topological polar surface area (TPSA) is 19.4 Å². The molecule has 20 heavy (non-hydrogen) atoms. The van der Waals surface area contributed by atoms with Crippen LogP contribution in [0.2, 0.25) is 0 Å². The number of hydrogen-bond donors (Lipinski definition) is 0. The molecule has 0 spiro atoms. The highest BCUT2D eigenvalue weighted by Crippen LogP contribution is 2.18. The van der Waals surface area contributed by atoms with Gasteiger partial charge in [-0.05, 0) is 44.5 Å². The molecule has 0 bridgehead atoms. The minimum absolute atomic E-state index is 1.12. The quantitative estimate of drug-likeness (QED) is 0.742. The average molecular weight is 275 g/mol. The van der Waals surface area contributed by atoms with E-state index in [0.717, 1.165) is 19.6 Å². The van der Waals surface area contributed by atoms with E-state index in [2.05, 4.69) is 34.8 Å². The number of nitrogens with zero attached hydrogens (tertiary/aromatic N) is 3. The van der Waals surface area contributed by atoms with E-state index in [1.54, 1.807) is 0 Å². The Morgan fingerprint density at radius 2 is 1.95 bits per heavy atom. The van der Waals surface area contributed by atoms with Crippen LogP contribution in [0.4, 0.5) is 5.69 Å². The van der Waals surface area contributed by atoms with Crippen molar-refractivity contribution in [1.29, 1.82) is 0 Å². The van der Waals surface area contributed by atoms with Gasteiger partial charge in [-0.3, -0.25) is 4.98 Å². The zero-order valence-corrected chi connectivity index (χ0v) is 13.1. The third-order valence-corrected chi connectivity index (χ3v) is 4.18. The minimum Gasteiger partial charge on any atom is -0.369 e. The summed E-state index contributed by atoms with van der Waals surface area (Å²) in [4.78, 5) is 9.36. The second kappa shape index (κ2) is 8.25. The van der Waals surface area contributed by atoms with Crippen LogP contribution < -0.4 is 4.90 Å². The predicted molar refractivity (Wildman–Crippen MR) is 86.4 cm³/mol. The van der Waals surface area contributed by atoms with Crippen molar-refractivity contribution in [2.75, 3.05) is 38.1 Å². The van der Waals surface area contributed by atoms with Gasteiger partial charge in [0.05, 0.1) is 11.9 Å². The normalized spacial score (nSPS) is 17.2. The van der Waals surface area contributed by atoms with Crippen LogP contribution in [0, 0.1) is 0 Å². The number of anilines is 1. The van der Waals surface area contributed by atoms with Crippen molar-refractivity contribution >= 4 is 5.69 Å². The van der Waals surface area contributed by atoms with Gasteiger partial charge in [0.25, 0.3) is 0 Å². The predicted octanol–water partition coefficient (Wildman–Crippen LogP) is 3.35. The molecule has 0 radical (unpaired) electrons. The number of aryl methyl sites for hydroxylation is 1. The molecule has 0 amide bonds. The van der Waals surface area contributed by atoms with Gasteiger partial charge >= 0.3 is 0 Å². The number of pyridine rings is 1. The van der Waals surface area contributed by atoms with E-state index in [9.17, 15) is 0 Å².